The number of likely N-dealkylation sites (tertiary alicyclic amines) is 3. The van der Waals surface area contributed by atoms with E-state index in [0.29, 0.717) is 5.41 Å². The van der Waals surface area contributed by atoms with Crippen LogP contribution in [-0.4, -0.2) is 71.6 Å². The number of hydrogen-bond acceptors (Lipinski definition) is 3. The second kappa shape index (κ2) is 13.4. The van der Waals surface area contributed by atoms with Gasteiger partial charge in [-0.05, 0) is 104 Å². The molecule has 0 aliphatic carbocycles. The zero-order chi connectivity index (χ0) is 22.9. The maximum Gasteiger partial charge on any atom is 0.00701 e. The van der Waals surface area contributed by atoms with E-state index in [0.717, 1.165) is 30.1 Å². The predicted molar refractivity (Wildman–Crippen MR) is 135 cm³/mol. The Morgan fingerprint density at radius 1 is 0.700 bits per heavy atom. The van der Waals surface area contributed by atoms with Crippen LogP contribution in [0, 0.1) is 11.3 Å². The van der Waals surface area contributed by atoms with Gasteiger partial charge in [-0.2, -0.15) is 0 Å². The van der Waals surface area contributed by atoms with Crippen LogP contribution in [0.1, 0.15) is 108 Å². The summed E-state index contributed by atoms with van der Waals surface area (Å²) >= 11 is 0. The highest BCUT2D eigenvalue weighted by Crippen LogP contribution is 2.23. The Hall–Kier alpha value is -0.120. The molecule has 180 valence electrons. The molecule has 0 amide bonds. The highest BCUT2D eigenvalue weighted by atomic mass is 15.2. The van der Waals surface area contributed by atoms with Crippen LogP contribution in [0.3, 0.4) is 0 Å². The molecule has 3 heteroatoms. The summed E-state index contributed by atoms with van der Waals surface area (Å²) in [6, 6.07) is 3.27. The summed E-state index contributed by atoms with van der Waals surface area (Å²) in [5, 5.41) is 0. The molecule has 3 aliphatic rings. The number of hydrogen-bond donors (Lipinski definition) is 0. The van der Waals surface area contributed by atoms with Crippen molar-refractivity contribution in [1.29, 1.82) is 0 Å². The van der Waals surface area contributed by atoms with Crippen LogP contribution in [0.15, 0.2) is 0 Å². The second-order valence-electron chi connectivity index (χ2n) is 12.2. The Balaban J connectivity index is 0.000000226. The summed E-state index contributed by atoms with van der Waals surface area (Å²) in [6.07, 6.45) is 8.42. The molecular formula is C27H57N3. The molecule has 0 aromatic carbocycles. The number of rotatable bonds is 4. The van der Waals surface area contributed by atoms with Crippen molar-refractivity contribution in [3.8, 4) is 0 Å². The third kappa shape index (κ3) is 11.0. The maximum atomic E-state index is 2.61. The highest BCUT2D eigenvalue weighted by molar-refractivity contribution is 4.79. The monoisotopic (exact) mass is 423 g/mol. The van der Waals surface area contributed by atoms with Crippen molar-refractivity contribution in [3.63, 3.8) is 0 Å². The molecule has 3 heterocycles. The lowest BCUT2D eigenvalue weighted by molar-refractivity contribution is 0.186. The summed E-state index contributed by atoms with van der Waals surface area (Å²) < 4.78 is 0. The fourth-order valence-electron chi connectivity index (χ4n) is 5.29. The van der Waals surface area contributed by atoms with Crippen LogP contribution in [0.2, 0.25) is 0 Å². The quantitative estimate of drug-likeness (QED) is 0.509. The SMILES string of the molecule is CC(C)CN1CCCC1C.CC(C)N1CCCC1C.CC1CCCN1CC(C)(C)C. The molecule has 3 saturated heterocycles. The van der Waals surface area contributed by atoms with Crippen LogP contribution in [0.5, 0.6) is 0 Å². The third-order valence-electron chi connectivity index (χ3n) is 6.93. The first-order valence-electron chi connectivity index (χ1n) is 13.1. The van der Waals surface area contributed by atoms with Gasteiger partial charge in [0, 0.05) is 37.3 Å². The van der Waals surface area contributed by atoms with E-state index in [1.54, 1.807) is 0 Å². The van der Waals surface area contributed by atoms with E-state index in [4.69, 9.17) is 0 Å². The van der Waals surface area contributed by atoms with Gasteiger partial charge in [0.2, 0.25) is 0 Å². The molecule has 30 heavy (non-hydrogen) atoms. The first-order chi connectivity index (χ1) is 13.9. The summed E-state index contributed by atoms with van der Waals surface area (Å²) in [5.41, 5.74) is 0.471. The lowest BCUT2D eigenvalue weighted by Gasteiger charge is -2.29. The van der Waals surface area contributed by atoms with E-state index in [-0.39, 0.29) is 0 Å². The van der Waals surface area contributed by atoms with Crippen LogP contribution >= 0.6 is 0 Å². The molecule has 0 N–H and O–H groups in total. The van der Waals surface area contributed by atoms with E-state index in [9.17, 15) is 0 Å². The number of nitrogens with zero attached hydrogens (tertiary/aromatic N) is 3. The van der Waals surface area contributed by atoms with Crippen molar-refractivity contribution in [2.45, 2.75) is 132 Å². The van der Waals surface area contributed by atoms with Gasteiger partial charge in [-0.3, -0.25) is 4.90 Å². The molecule has 3 rings (SSSR count). The first-order valence-corrected chi connectivity index (χ1v) is 13.1. The predicted octanol–water partition coefficient (Wildman–Crippen LogP) is 6.52. The molecule has 0 radical (unpaired) electrons. The van der Waals surface area contributed by atoms with Crippen molar-refractivity contribution < 1.29 is 0 Å². The van der Waals surface area contributed by atoms with Crippen molar-refractivity contribution in [1.82, 2.24) is 14.7 Å². The standard InChI is InChI=1S/C10H21N.C9H19N.C8H17N/c1-9-6-5-7-11(9)8-10(2,3)4;1-8(2)7-10-6-4-5-9(10)3;1-7(2)9-6-4-5-8(9)3/h9H,5-8H2,1-4H3;8-9H,4-7H2,1-3H3;7-8H,4-6H2,1-3H3. The van der Waals surface area contributed by atoms with E-state index < -0.39 is 0 Å². The molecule has 3 nitrogen and oxygen atoms in total. The minimum atomic E-state index is 0.471. The summed E-state index contributed by atoms with van der Waals surface area (Å²) in [5.74, 6) is 0.834. The molecule has 3 unspecified atom stereocenters. The lowest BCUT2D eigenvalue weighted by Crippen LogP contribution is -2.34. The van der Waals surface area contributed by atoms with Crippen molar-refractivity contribution in [2.24, 2.45) is 11.3 Å². The largest absolute Gasteiger partial charge is 0.300 e. The molecular weight excluding hydrogens is 366 g/mol. The van der Waals surface area contributed by atoms with Crippen LogP contribution < -0.4 is 0 Å². The highest BCUT2D eigenvalue weighted by Gasteiger charge is 2.24. The maximum absolute atomic E-state index is 2.61. The Labute approximate surface area is 191 Å². The molecule has 3 atom stereocenters. The van der Waals surface area contributed by atoms with Crippen LogP contribution in [-0.2, 0) is 0 Å². The smallest absolute Gasteiger partial charge is 0.00701 e. The Bertz CT molecular complexity index is 440. The molecule has 3 fully saturated rings. The summed E-state index contributed by atoms with van der Waals surface area (Å²) in [4.78, 5) is 7.78. The van der Waals surface area contributed by atoms with Crippen molar-refractivity contribution in [2.75, 3.05) is 32.7 Å². The van der Waals surface area contributed by atoms with E-state index >= 15 is 0 Å². The summed E-state index contributed by atoms with van der Waals surface area (Å²) in [7, 11) is 0. The van der Waals surface area contributed by atoms with Gasteiger partial charge >= 0.3 is 0 Å². The Kier molecular flexibility index (Phi) is 12.5. The van der Waals surface area contributed by atoms with E-state index in [2.05, 4.69) is 83.9 Å². The van der Waals surface area contributed by atoms with Crippen LogP contribution in [0.25, 0.3) is 0 Å². The minimum absolute atomic E-state index is 0.471. The van der Waals surface area contributed by atoms with Gasteiger partial charge in [0.1, 0.15) is 0 Å². The molecule has 0 saturated carbocycles. The Morgan fingerprint density at radius 3 is 1.47 bits per heavy atom. The molecule has 0 spiro atoms. The Morgan fingerprint density at radius 2 is 1.17 bits per heavy atom. The average molecular weight is 424 g/mol. The topological polar surface area (TPSA) is 9.72 Å². The van der Waals surface area contributed by atoms with Crippen LogP contribution in [0.4, 0.5) is 0 Å². The van der Waals surface area contributed by atoms with Crippen molar-refractivity contribution in [3.05, 3.63) is 0 Å². The molecule has 0 aromatic heterocycles. The van der Waals surface area contributed by atoms with Crippen molar-refractivity contribution >= 4 is 0 Å². The minimum Gasteiger partial charge on any atom is -0.300 e. The third-order valence-corrected chi connectivity index (χ3v) is 6.93. The normalized spacial score (nSPS) is 28.6. The molecule has 3 aliphatic heterocycles. The zero-order valence-corrected chi connectivity index (χ0v) is 22.5. The van der Waals surface area contributed by atoms with E-state index in [1.165, 1.54) is 71.2 Å². The van der Waals surface area contributed by atoms with Gasteiger partial charge in [-0.1, -0.05) is 34.6 Å². The van der Waals surface area contributed by atoms with Gasteiger partial charge in [0.25, 0.3) is 0 Å². The summed E-state index contributed by atoms with van der Waals surface area (Å²) in [6.45, 7) is 29.6. The van der Waals surface area contributed by atoms with Gasteiger partial charge in [0.05, 0.1) is 0 Å². The second-order valence-corrected chi connectivity index (χ2v) is 12.2. The molecule has 0 aromatic rings. The van der Waals surface area contributed by atoms with Gasteiger partial charge in [0.15, 0.2) is 0 Å². The van der Waals surface area contributed by atoms with E-state index in [1.807, 2.05) is 0 Å². The molecule has 0 bridgehead atoms. The van der Waals surface area contributed by atoms with Gasteiger partial charge < -0.3 is 9.80 Å². The fraction of sp³-hybridized carbons (Fsp3) is 1.00. The fourth-order valence-corrected chi connectivity index (χ4v) is 5.29. The van der Waals surface area contributed by atoms with Gasteiger partial charge in [-0.15, -0.1) is 0 Å². The van der Waals surface area contributed by atoms with Gasteiger partial charge in [-0.25, -0.2) is 0 Å². The zero-order valence-electron chi connectivity index (χ0n) is 22.5. The lowest BCUT2D eigenvalue weighted by atomic mass is 9.96. The first kappa shape index (κ1) is 27.9. The average Bonchev–Trinajstić information content (AvgIpc) is 3.31.